The highest BCUT2D eigenvalue weighted by atomic mass is 19.1. The molecule has 2 rings (SSSR count). The van der Waals surface area contributed by atoms with Gasteiger partial charge >= 0.3 is 0 Å². The smallest absolute Gasteiger partial charge is 0.241 e. The van der Waals surface area contributed by atoms with E-state index in [0.717, 1.165) is 19.3 Å². The Labute approximate surface area is 118 Å². The number of hydrogen-bond acceptors (Lipinski definition) is 3. The van der Waals surface area contributed by atoms with E-state index in [1.54, 1.807) is 13.0 Å². The number of benzene rings is 1. The summed E-state index contributed by atoms with van der Waals surface area (Å²) in [6, 6.07) is 4.61. The fraction of sp³-hybridized carbons (Fsp3) is 0.533. The van der Waals surface area contributed by atoms with E-state index < -0.39 is 5.82 Å². The van der Waals surface area contributed by atoms with Crippen LogP contribution < -0.4 is 15.4 Å². The molecule has 2 unspecified atom stereocenters. The number of piperidine rings is 1. The van der Waals surface area contributed by atoms with Gasteiger partial charge in [0.15, 0.2) is 11.6 Å². The quantitative estimate of drug-likeness (QED) is 0.891. The predicted molar refractivity (Wildman–Crippen MR) is 76.4 cm³/mol. The van der Waals surface area contributed by atoms with Gasteiger partial charge in [0, 0.05) is 17.8 Å². The monoisotopic (exact) mass is 280 g/mol. The molecule has 1 amide bonds. The van der Waals surface area contributed by atoms with Crippen molar-refractivity contribution in [3.05, 3.63) is 24.0 Å². The number of carbonyl (C=O) groups is 1. The van der Waals surface area contributed by atoms with Gasteiger partial charge in [0.05, 0.1) is 12.6 Å². The van der Waals surface area contributed by atoms with Gasteiger partial charge in [-0.2, -0.15) is 0 Å². The maximum atomic E-state index is 13.7. The van der Waals surface area contributed by atoms with Crippen LogP contribution in [0.15, 0.2) is 18.2 Å². The van der Waals surface area contributed by atoms with Crippen molar-refractivity contribution in [2.75, 3.05) is 11.9 Å². The van der Waals surface area contributed by atoms with Crippen LogP contribution in [-0.4, -0.2) is 24.6 Å². The highest BCUT2D eigenvalue weighted by molar-refractivity contribution is 5.95. The largest absolute Gasteiger partial charge is 0.491 e. The van der Waals surface area contributed by atoms with Crippen molar-refractivity contribution in [1.82, 2.24) is 5.32 Å². The fourth-order valence-corrected chi connectivity index (χ4v) is 2.43. The topological polar surface area (TPSA) is 50.4 Å². The highest BCUT2D eigenvalue weighted by Gasteiger charge is 2.24. The zero-order chi connectivity index (χ0) is 14.5. The molecule has 5 heteroatoms. The molecule has 0 spiro atoms. The lowest BCUT2D eigenvalue weighted by Gasteiger charge is -2.27. The van der Waals surface area contributed by atoms with Gasteiger partial charge in [0.25, 0.3) is 0 Å². The van der Waals surface area contributed by atoms with Gasteiger partial charge < -0.3 is 15.4 Å². The minimum Gasteiger partial charge on any atom is -0.491 e. The Kier molecular flexibility index (Phi) is 4.95. The number of carbonyl (C=O) groups excluding carboxylic acids is 1. The summed E-state index contributed by atoms with van der Waals surface area (Å²) >= 11 is 0. The summed E-state index contributed by atoms with van der Waals surface area (Å²) in [6.07, 6.45) is 2.93. The second-order valence-corrected chi connectivity index (χ2v) is 5.12. The molecule has 0 saturated carbocycles. The Balaban J connectivity index is 1.98. The third-order valence-corrected chi connectivity index (χ3v) is 3.43. The van der Waals surface area contributed by atoms with E-state index >= 15 is 0 Å². The first-order valence-electron chi connectivity index (χ1n) is 7.09. The van der Waals surface area contributed by atoms with Gasteiger partial charge in [-0.1, -0.05) is 0 Å². The van der Waals surface area contributed by atoms with Crippen molar-refractivity contribution in [3.63, 3.8) is 0 Å². The summed E-state index contributed by atoms with van der Waals surface area (Å²) in [6.45, 7) is 4.27. The van der Waals surface area contributed by atoms with Gasteiger partial charge in [0.1, 0.15) is 0 Å². The molecule has 4 nitrogen and oxygen atoms in total. The molecule has 2 atom stereocenters. The molecule has 110 valence electrons. The molecular formula is C15H21FN2O2. The second kappa shape index (κ2) is 6.70. The lowest BCUT2D eigenvalue weighted by molar-refractivity contribution is -0.118. The molecule has 1 aliphatic heterocycles. The van der Waals surface area contributed by atoms with Crippen molar-refractivity contribution in [2.24, 2.45) is 0 Å². The van der Waals surface area contributed by atoms with Crippen LogP contribution >= 0.6 is 0 Å². The van der Waals surface area contributed by atoms with Gasteiger partial charge in [-0.05, 0) is 45.2 Å². The minimum atomic E-state index is -0.463. The van der Waals surface area contributed by atoms with Crippen LogP contribution in [0.1, 0.15) is 33.1 Å². The van der Waals surface area contributed by atoms with Crippen molar-refractivity contribution >= 4 is 11.6 Å². The molecule has 0 bridgehead atoms. The first kappa shape index (κ1) is 14.8. The summed E-state index contributed by atoms with van der Waals surface area (Å²) in [5, 5.41) is 6.00. The lowest BCUT2D eigenvalue weighted by atomic mass is 9.99. The van der Waals surface area contributed by atoms with Crippen LogP contribution in [0.2, 0.25) is 0 Å². The maximum Gasteiger partial charge on any atom is 0.241 e. The van der Waals surface area contributed by atoms with Gasteiger partial charge in [0.2, 0.25) is 5.91 Å². The second-order valence-electron chi connectivity index (χ2n) is 5.12. The van der Waals surface area contributed by atoms with Crippen molar-refractivity contribution in [3.8, 4) is 5.75 Å². The highest BCUT2D eigenvalue weighted by Crippen LogP contribution is 2.22. The first-order chi connectivity index (χ1) is 9.60. The number of halogens is 1. The SMILES string of the molecule is CCOc1ccc(NC(=O)C2CCCC(C)N2)cc1F. The Morgan fingerprint density at radius 3 is 2.95 bits per heavy atom. The number of amides is 1. The van der Waals surface area contributed by atoms with Gasteiger partial charge in [-0.25, -0.2) is 4.39 Å². The molecule has 0 radical (unpaired) electrons. The zero-order valence-corrected chi connectivity index (χ0v) is 11.9. The first-order valence-corrected chi connectivity index (χ1v) is 7.09. The van der Waals surface area contributed by atoms with E-state index in [9.17, 15) is 9.18 Å². The van der Waals surface area contributed by atoms with Crippen LogP contribution in [-0.2, 0) is 4.79 Å². The molecule has 0 aromatic heterocycles. The van der Waals surface area contributed by atoms with Gasteiger partial charge in [-0.15, -0.1) is 0 Å². The summed E-state index contributed by atoms with van der Waals surface area (Å²) < 4.78 is 18.8. The predicted octanol–water partition coefficient (Wildman–Crippen LogP) is 2.69. The van der Waals surface area contributed by atoms with Crippen LogP contribution in [0.5, 0.6) is 5.75 Å². The van der Waals surface area contributed by atoms with Gasteiger partial charge in [-0.3, -0.25) is 4.79 Å². The Bertz CT molecular complexity index is 479. The van der Waals surface area contributed by atoms with E-state index in [-0.39, 0.29) is 17.7 Å². The molecule has 1 aromatic carbocycles. The number of ether oxygens (including phenoxy) is 1. The number of anilines is 1. The number of nitrogens with one attached hydrogen (secondary N) is 2. The number of hydrogen-bond donors (Lipinski definition) is 2. The maximum absolute atomic E-state index is 13.7. The molecule has 1 heterocycles. The average molecular weight is 280 g/mol. The molecule has 1 aromatic rings. The van der Waals surface area contributed by atoms with Crippen LogP contribution in [0.3, 0.4) is 0 Å². The Morgan fingerprint density at radius 2 is 2.30 bits per heavy atom. The summed E-state index contributed by atoms with van der Waals surface area (Å²) in [5.41, 5.74) is 0.455. The normalized spacial score (nSPS) is 22.4. The van der Waals surface area contributed by atoms with E-state index in [1.807, 2.05) is 0 Å². The molecule has 1 saturated heterocycles. The molecule has 1 fully saturated rings. The lowest BCUT2D eigenvalue weighted by Crippen LogP contribution is -2.47. The molecule has 1 aliphatic rings. The summed E-state index contributed by atoms with van der Waals surface area (Å²) in [7, 11) is 0. The van der Waals surface area contributed by atoms with Crippen molar-refractivity contribution < 1.29 is 13.9 Å². The van der Waals surface area contributed by atoms with E-state index in [0.29, 0.717) is 18.3 Å². The van der Waals surface area contributed by atoms with Crippen molar-refractivity contribution in [2.45, 2.75) is 45.2 Å². The van der Waals surface area contributed by atoms with Crippen molar-refractivity contribution in [1.29, 1.82) is 0 Å². The van der Waals surface area contributed by atoms with E-state index in [1.165, 1.54) is 12.1 Å². The van der Waals surface area contributed by atoms with E-state index in [4.69, 9.17) is 4.74 Å². The van der Waals surface area contributed by atoms with Crippen LogP contribution in [0, 0.1) is 5.82 Å². The molecular weight excluding hydrogens is 259 g/mol. The zero-order valence-electron chi connectivity index (χ0n) is 11.9. The number of rotatable bonds is 4. The van der Waals surface area contributed by atoms with Crippen LogP contribution in [0.25, 0.3) is 0 Å². The standard InChI is InChI=1S/C15H21FN2O2/c1-3-20-14-8-7-11(9-12(14)16)18-15(19)13-6-4-5-10(2)17-13/h7-10,13,17H,3-6H2,1-2H3,(H,18,19). The average Bonchev–Trinajstić information content (AvgIpc) is 2.42. The summed E-state index contributed by atoms with van der Waals surface area (Å²) in [5.74, 6) is -0.371. The third-order valence-electron chi connectivity index (χ3n) is 3.43. The van der Waals surface area contributed by atoms with Crippen LogP contribution in [0.4, 0.5) is 10.1 Å². The Hall–Kier alpha value is -1.62. The fourth-order valence-electron chi connectivity index (χ4n) is 2.43. The molecule has 20 heavy (non-hydrogen) atoms. The minimum absolute atomic E-state index is 0.111. The third kappa shape index (κ3) is 3.70. The summed E-state index contributed by atoms with van der Waals surface area (Å²) in [4.78, 5) is 12.1. The molecule has 2 N–H and O–H groups in total. The van der Waals surface area contributed by atoms with E-state index in [2.05, 4.69) is 17.6 Å². The molecule has 0 aliphatic carbocycles. The Morgan fingerprint density at radius 1 is 1.50 bits per heavy atom.